The molecule has 3 N–H and O–H groups in total. The summed E-state index contributed by atoms with van der Waals surface area (Å²) in [7, 11) is 1.73. The van der Waals surface area contributed by atoms with Gasteiger partial charge in [-0.25, -0.2) is 0 Å². The first kappa shape index (κ1) is 9.79. The fourth-order valence-corrected chi connectivity index (χ4v) is 1.45. The van der Waals surface area contributed by atoms with E-state index in [0.29, 0.717) is 17.8 Å². The van der Waals surface area contributed by atoms with Crippen LogP contribution in [0.1, 0.15) is 17.4 Å². The Morgan fingerprint density at radius 1 is 1.67 bits per heavy atom. The van der Waals surface area contributed by atoms with Gasteiger partial charge in [-0.3, -0.25) is 4.68 Å². The lowest BCUT2D eigenvalue weighted by molar-refractivity contribution is 0.171. The summed E-state index contributed by atoms with van der Waals surface area (Å²) in [5.41, 5.74) is 6.38. The third-order valence-corrected chi connectivity index (χ3v) is 2.35. The van der Waals surface area contributed by atoms with Crippen molar-refractivity contribution in [2.45, 2.75) is 12.5 Å². The van der Waals surface area contributed by atoms with Gasteiger partial charge in [0.15, 0.2) is 0 Å². The van der Waals surface area contributed by atoms with E-state index in [1.165, 1.54) is 4.68 Å². The first-order chi connectivity index (χ1) is 7.18. The third kappa shape index (κ3) is 1.87. The fourth-order valence-electron chi connectivity index (χ4n) is 1.45. The van der Waals surface area contributed by atoms with E-state index >= 15 is 0 Å². The number of hydrogen-bond donors (Lipinski definition) is 2. The number of nitrogens with two attached hydrogens (primary N) is 1. The second kappa shape index (κ2) is 3.78. The number of aliphatic hydroxyl groups is 1. The van der Waals surface area contributed by atoms with Gasteiger partial charge >= 0.3 is 0 Å². The molecule has 5 heteroatoms. The van der Waals surface area contributed by atoms with Crippen LogP contribution < -0.4 is 5.73 Å². The average Bonchev–Trinajstić information content (AvgIpc) is 2.79. The zero-order valence-corrected chi connectivity index (χ0v) is 8.42. The van der Waals surface area contributed by atoms with E-state index in [0.717, 1.165) is 5.76 Å². The predicted molar refractivity (Wildman–Crippen MR) is 55.0 cm³/mol. The van der Waals surface area contributed by atoms with Crippen LogP contribution in [0.25, 0.3) is 0 Å². The molecule has 5 nitrogen and oxygen atoms in total. The minimum absolute atomic E-state index is 0.406. The third-order valence-electron chi connectivity index (χ3n) is 2.35. The van der Waals surface area contributed by atoms with Crippen LogP contribution in [-0.4, -0.2) is 14.9 Å². The van der Waals surface area contributed by atoms with Crippen LogP contribution in [0.2, 0.25) is 0 Å². The van der Waals surface area contributed by atoms with Crippen molar-refractivity contribution in [3.8, 4) is 0 Å². The van der Waals surface area contributed by atoms with Crippen LogP contribution in [0.4, 0.5) is 5.82 Å². The second-order valence-electron chi connectivity index (χ2n) is 3.41. The van der Waals surface area contributed by atoms with Crippen molar-refractivity contribution in [1.29, 1.82) is 0 Å². The van der Waals surface area contributed by atoms with Crippen molar-refractivity contribution in [3.05, 3.63) is 35.9 Å². The second-order valence-corrected chi connectivity index (χ2v) is 3.41. The molecular formula is C10H13N3O2. The summed E-state index contributed by atoms with van der Waals surface area (Å²) in [5.74, 6) is 1.21. The van der Waals surface area contributed by atoms with Crippen LogP contribution in [0.5, 0.6) is 0 Å². The summed E-state index contributed by atoms with van der Waals surface area (Å²) in [6.07, 6.45) is 2.88. The highest BCUT2D eigenvalue weighted by atomic mass is 16.3. The molecule has 0 aliphatic rings. The van der Waals surface area contributed by atoms with Gasteiger partial charge in [0.25, 0.3) is 0 Å². The number of aromatic nitrogens is 2. The van der Waals surface area contributed by atoms with E-state index in [4.69, 9.17) is 10.2 Å². The molecule has 0 saturated heterocycles. The van der Waals surface area contributed by atoms with E-state index < -0.39 is 6.10 Å². The van der Waals surface area contributed by atoms with Crippen molar-refractivity contribution in [2.75, 3.05) is 5.73 Å². The van der Waals surface area contributed by atoms with E-state index in [1.807, 2.05) is 6.07 Å². The number of hydrogen-bond acceptors (Lipinski definition) is 4. The van der Waals surface area contributed by atoms with Gasteiger partial charge in [0.1, 0.15) is 11.6 Å². The van der Waals surface area contributed by atoms with Gasteiger partial charge in [-0.1, -0.05) is 0 Å². The molecule has 2 heterocycles. The van der Waals surface area contributed by atoms with Gasteiger partial charge in [-0.15, -0.1) is 0 Å². The maximum absolute atomic E-state index is 9.89. The highest BCUT2D eigenvalue weighted by molar-refractivity contribution is 5.40. The van der Waals surface area contributed by atoms with Crippen LogP contribution in [0.15, 0.2) is 29.0 Å². The first-order valence-electron chi connectivity index (χ1n) is 4.66. The molecule has 1 unspecified atom stereocenters. The Kier molecular flexibility index (Phi) is 2.47. The maximum atomic E-state index is 9.89. The SMILES string of the molecule is Cn1ncc(C(O)Cc2ccco2)c1N. The zero-order chi connectivity index (χ0) is 10.8. The number of furan rings is 1. The molecule has 0 saturated carbocycles. The Morgan fingerprint density at radius 2 is 2.47 bits per heavy atom. The van der Waals surface area contributed by atoms with Gasteiger partial charge < -0.3 is 15.3 Å². The standard InChI is InChI=1S/C10H13N3O2/c1-13-10(11)8(6-12-13)9(14)5-7-3-2-4-15-7/h2-4,6,9,14H,5,11H2,1H3. The van der Waals surface area contributed by atoms with Crippen molar-refractivity contribution in [3.63, 3.8) is 0 Å². The minimum Gasteiger partial charge on any atom is -0.469 e. The molecular weight excluding hydrogens is 194 g/mol. The number of aliphatic hydroxyl groups excluding tert-OH is 1. The predicted octanol–water partition coefficient (Wildman–Crippen LogP) is 0.871. The largest absolute Gasteiger partial charge is 0.469 e. The van der Waals surface area contributed by atoms with Crippen LogP contribution in [-0.2, 0) is 13.5 Å². The molecule has 0 amide bonds. The lowest BCUT2D eigenvalue weighted by Crippen LogP contribution is -2.05. The molecule has 0 radical (unpaired) electrons. The number of nitrogens with zero attached hydrogens (tertiary/aromatic N) is 2. The average molecular weight is 207 g/mol. The Hall–Kier alpha value is -1.75. The summed E-state index contributed by atoms with van der Waals surface area (Å²) >= 11 is 0. The quantitative estimate of drug-likeness (QED) is 0.783. The van der Waals surface area contributed by atoms with Gasteiger partial charge in [-0.05, 0) is 12.1 Å². The monoisotopic (exact) mass is 207 g/mol. The Labute approximate surface area is 87.1 Å². The lowest BCUT2D eigenvalue weighted by Gasteiger charge is -2.07. The summed E-state index contributed by atoms with van der Waals surface area (Å²) in [6.45, 7) is 0. The van der Waals surface area contributed by atoms with Crippen LogP contribution >= 0.6 is 0 Å². The van der Waals surface area contributed by atoms with Crippen LogP contribution in [0.3, 0.4) is 0 Å². The van der Waals surface area contributed by atoms with Crippen molar-refractivity contribution < 1.29 is 9.52 Å². The number of nitrogen functional groups attached to an aromatic ring is 1. The number of aryl methyl sites for hydroxylation is 1. The minimum atomic E-state index is -0.676. The highest BCUT2D eigenvalue weighted by Gasteiger charge is 2.16. The smallest absolute Gasteiger partial charge is 0.127 e. The molecule has 15 heavy (non-hydrogen) atoms. The molecule has 80 valence electrons. The van der Waals surface area contributed by atoms with Crippen LogP contribution in [0, 0.1) is 0 Å². The molecule has 0 spiro atoms. The van der Waals surface area contributed by atoms with Gasteiger partial charge in [0.05, 0.1) is 18.6 Å². The molecule has 2 aromatic rings. The topological polar surface area (TPSA) is 77.2 Å². The van der Waals surface area contributed by atoms with Gasteiger partial charge in [0.2, 0.25) is 0 Å². The molecule has 2 rings (SSSR count). The Bertz CT molecular complexity index is 433. The summed E-state index contributed by atoms with van der Waals surface area (Å²) in [5, 5.41) is 13.9. The summed E-state index contributed by atoms with van der Waals surface area (Å²) in [6, 6.07) is 3.60. The molecule has 1 atom stereocenters. The summed E-state index contributed by atoms with van der Waals surface area (Å²) < 4.78 is 6.67. The maximum Gasteiger partial charge on any atom is 0.127 e. The van der Waals surface area contributed by atoms with E-state index in [1.54, 1.807) is 25.6 Å². The molecule has 0 aliphatic heterocycles. The van der Waals surface area contributed by atoms with Crippen molar-refractivity contribution in [1.82, 2.24) is 9.78 Å². The Balaban J connectivity index is 2.14. The molecule has 2 aromatic heterocycles. The fraction of sp³-hybridized carbons (Fsp3) is 0.300. The van der Waals surface area contributed by atoms with Gasteiger partial charge in [-0.2, -0.15) is 5.10 Å². The summed E-state index contributed by atoms with van der Waals surface area (Å²) in [4.78, 5) is 0. The highest BCUT2D eigenvalue weighted by Crippen LogP contribution is 2.22. The molecule has 0 fully saturated rings. The Morgan fingerprint density at radius 3 is 3.00 bits per heavy atom. The van der Waals surface area contributed by atoms with E-state index in [9.17, 15) is 5.11 Å². The molecule has 0 aliphatic carbocycles. The molecule has 0 aromatic carbocycles. The van der Waals surface area contributed by atoms with E-state index in [-0.39, 0.29) is 0 Å². The van der Waals surface area contributed by atoms with E-state index in [2.05, 4.69) is 5.10 Å². The van der Waals surface area contributed by atoms with Gasteiger partial charge in [0, 0.05) is 19.0 Å². The zero-order valence-electron chi connectivity index (χ0n) is 8.42. The number of anilines is 1. The van der Waals surface area contributed by atoms with Crippen molar-refractivity contribution >= 4 is 5.82 Å². The number of rotatable bonds is 3. The van der Waals surface area contributed by atoms with Crippen molar-refractivity contribution in [2.24, 2.45) is 7.05 Å². The normalized spacial score (nSPS) is 12.9. The first-order valence-corrected chi connectivity index (χ1v) is 4.66. The molecule has 0 bridgehead atoms. The lowest BCUT2D eigenvalue weighted by atomic mass is 10.1.